The Morgan fingerprint density at radius 3 is 2.27 bits per heavy atom. The van der Waals surface area contributed by atoms with E-state index >= 15 is 0 Å². The third-order valence-electron chi connectivity index (χ3n) is 3.69. The lowest BCUT2D eigenvalue weighted by molar-refractivity contribution is -0.130. The van der Waals surface area contributed by atoms with Gasteiger partial charge in [0.25, 0.3) is 10.0 Å². The first-order valence-corrected chi connectivity index (χ1v) is 9.33. The van der Waals surface area contributed by atoms with Gasteiger partial charge in [-0.2, -0.15) is 0 Å². The van der Waals surface area contributed by atoms with E-state index in [4.69, 9.17) is 4.74 Å². The van der Waals surface area contributed by atoms with Crippen molar-refractivity contribution in [3.63, 3.8) is 0 Å². The minimum atomic E-state index is -3.75. The van der Waals surface area contributed by atoms with Crippen LogP contribution in [-0.4, -0.2) is 14.4 Å². The van der Waals surface area contributed by atoms with Crippen LogP contribution in [0.2, 0.25) is 0 Å². The van der Waals surface area contributed by atoms with E-state index in [0.29, 0.717) is 5.69 Å². The third-order valence-corrected chi connectivity index (χ3v) is 5.09. The van der Waals surface area contributed by atoms with Gasteiger partial charge >= 0.3 is 5.97 Å². The third kappa shape index (κ3) is 3.92. The average molecular weight is 367 g/mol. The summed E-state index contributed by atoms with van der Waals surface area (Å²) in [6.07, 6.45) is 0. The molecule has 0 aromatic heterocycles. The summed E-state index contributed by atoms with van der Waals surface area (Å²) < 4.78 is 32.7. The average Bonchev–Trinajstić information content (AvgIpc) is 2.61. The molecule has 132 valence electrons. The lowest BCUT2D eigenvalue weighted by Crippen LogP contribution is -2.13. The lowest BCUT2D eigenvalue weighted by atomic mass is 10.1. The molecule has 0 aliphatic heterocycles. The van der Waals surface area contributed by atoms with Gasteiger partial charge in [0, 0.05) is 11.3 Å². The number of carbonyl (C=O) groups excluding carboxylic acids is 1. The summed E-state index contributed by atoms with van der Waals surface area (Å²) in [5, 5.41) is 1.97. The summed E-state index contributed by atoms with van der Waals surface area (Å²) in [6, 6.07) is 18.6. The van der Waals surface area contributed by atoms with Crippen LogP contribution < -0.4 is 9.46 Å². The molecule has 0 radical (unpaired) electrons. The molecule has 0 saturated heterocycles. The summed E-state index contributed by atoms with van der Waals surface area (Å²) in [7, 11) is -3.75. The van der Waals surface area contributed by atoms with Crippen molar-refractivity contribution in [2.75, 3.05) is 4.72 Å². The maximum Gasteiger partial charge on any atom is 0.338 e. The van der Waals surface area contributed by atoms with Gasteiger partial charge in [-0.15, -0.1) is 0 Å². The number of sulfonamides is 1. The van der Waals surface area contributed by atoms with Gasteiger partial charge in [0.1, 0.15) is 5.75 Å². The topological polar surface area (TPSA) is 72.5 Å². The van der Waals surface area contributed by atoms with Crippen molar-refractivity contribution in [1.29, 1.82) is 0 Å². The summed E-state index contributed by atoms with van der Waals surface area (Å²) in [4.78, 5) is 11.6. The Balaban J connectivity index is 1.80. The highest BCUT2D eigenvalue weighted by Crippen LogP contribution is 2.23. The minimum Gasteiger partial charge on any atom is -0.423 e. The fourth-order valence-corrected chi connectivity index (χ4v) is 3.40. The predicted molar refractivity (Wildman–Crippen MR) is 102 cm³/mol. The van der Waals surface area contributed by atoms with Crippen molar-refractivity contribution >= 4 is 32.5 Å². The Kier molecular flexibility index (Phi) is 4.77. The number of nitrogens with one attached hydrogen (secondary N) is 1. The highest BCUT2D eigenvalue weighted by Gasteiger charge is 2.15. The fourth-order valence-electron chi connectivity index (χ4n) is 2.35. The van der Waals surface area contributed by atoms with Crippen molar-refractivity contribution in [3.8, 4) is 5.75 Å². The van der Waals surface area contributed by atoms with E-state index in [-0.39, 0.29) is 16.2 Å². The van der Waals surface area contributed by atoms with E-state index in [1.165, 1.54) is 31.2 Å². The van der Waals surface area contributed by atoms with E-state index in [1.54, 1.807) is 12.1 Å². The van der Waals surface area contributed by atoms with Crippen molar-refractivity contribution in [1.82, 2.24) is 0 Å². The van der Waals surface area contributed by atoms with Crippen molar-refractivity contribution in [2.24, 2.45) is 0 Å². The Morgan fingerprint density at radius 2 is 1.62 bits per heavy atom. The van der Waals surface area contributed by atoms with E-state index in [2.05, 4.69) is 11.3 Å². The molecule has 0 amide bonds. The number of esters is 1. The molecule has 0 fully saturated rings. The minimum absolute atomic E-state index is 0.0702. The van der Waals surface area contributed by atoms with E-state index in [0.717, 1.165) is 10.8 Å². The molecule has 1 N–H and O–H groups in total. The molecule has 0 atom stereocenters. The Labute approximate surface area is 152 Å². The molecular weight excluding hydrogens is 350 g/mol. The zero-order chi connectivity index (χ0) is 18.7. The second kappa shape index (κ2) is 7.01. The maximum atomic E-state index is 12.5. The quantitative estimate of drug-likeness (QED) is 0.418. The Morgan fingerprint density at radius 1 is 0.962 bits per heavy atom. The van der Waals surface area contributed by atoms with Gasteiger partial charge in [-0.3, -0.25) is 4.72 Å². The van der Waals surface area contributed by atoms with Crippen LogP contribution in [0, 0.1) is 0 Å². The molecule has 0 aliphatic rings. The van der Waals surface area contributed by atoms with E-state index < -0.39 is 16.0 Å². The first kappa shape index (κ1) is 17.7. The molecular formula is C20H17NO4S. The van der Waals surface area contributed by atoms with Gasteiger partial charge in [0.2, 0.25) is 0 Å². The maximum absolute atomic E-state index is 12.5. The zero-order valence-electron chi connectivity index (χ0n) is 14.1. The molecule has 6 heteroatoms. The molecule has 3 aromatic carbocycles. The van der Waals surface area contributed by atoms with Crippen LogP contribution in [0.4, 0.5) is 5.69 Å². The number of fused-ring (bicyclic) bond motifs is 1. The summed E-state index contributed by atoms with van der Waals surface area (Å²) >= 11 is 0. The molecule has 0 saturated carbocycles. The first-order valence-electron chi connectivity index (χ1n) is 7.84. The van der Waals surface area contributed by atoms with Crippen LogP contribution in [0.3, 0.4) is 0 Å². The molecule has 3 rings (SSSR count). The SMILES string of the molecule is C=C(C)C(=O)Oc1ccc(S(=O)(=O)Nc2ccc3ccccc3c2)cc1. The molecule has 26 heavy (non-hydrogen) atoms. The van der Waals surface area contributed by atoms with Crippen molar-refractivity contribution < 1.29 is 17.9 Å². The van der Waals surface area contributed by atoms with Crippen molar-refractivity contribution in [2.45, 2.75) is 11.8 Å². The number of anilines is 1. The van der Waals surface area contributed by atoms with Crippen LogP contribution in [-0.2, 0) is 14.8 Å². The molecule has 0 bridgehead atoms. The molecule has 3 aromatic rings. The molecule has 0 spiro atoms. The van der Waals surface area contributed by atoms with Gasteiger partial charge in [0.05, 0.1) is 4.90 Å². The Hall–Kier alpha value is -3.12. The second-order valence-corrected chi connectivity index (χ2v) is 7.49. The van der Waals surface area contributed by atoms with Crippen LogP contribution >= 0.6 is 0 Å². The predicted octanol–water partition coefficient (Wildman–Crippen LogP) is 4.12. The van der Waals surface area contributed by atoms with Gasteiger partial charge < -0.3 is 4.74 Å². The van der Waals surface area contributed by atoms with Crippen LogP contribution in [0.1, 0.15) is 6.92 Å². The summed E-state index contributed by atoms with van der Waals surface area (Å²) in [6.45, 7) is 5.03. The Bertz CT molecular complexity index is 1090. The summed E-state index contributed by atoms with van der Waals surface area (Å²) in [5.41, 5.74) is 0.737. The van der Waals surface area contributed by atoms with Gasteiger partial charge in [-0.1, -0.05) is 36.9 Å². The summed E-state index contributed by atoms with van der Waals surface area (Å²) in [5.74, 6) is -0.308. The molecule has 5 nitrogen and oxygen atoms in total. The van der Waals surface area contributed by atoms with Crippen LogP contribution in [0.5, 0.6) is 5.75 Å². The molecule has 0 heterocycles. The largest absolute Gasteiger partial charge is 0.423 e. The highest BCUT2D eigenvalue weighted by atomic mass is 32.2. The normalized spacial score (nSPS) is 11.1. The number of hydrogen-bond acceptors (Lipinski definition) is 4. The number of rotatable bonds is 5. The van der Waals surface area contributed by atoms with Gasteiger partial charge in [-0.25, -0.2) is 13.2 Å². The number of carbonyl (C=O) groups is 1. The lowest BCUT2D eigenvalue weighted by Gasteiger charge is -2.10. The van der Waals surface area contributed by atoms with Crippen molar-refractivity contribution in [3.05, 3.63) is 78.9 Å². The standard InChI is InChI=1S/C20H17NO4S/c1-14(2)20(22)25-18-9-11-19(12-10-18)26(23,24)21-17-8-7-15-5-3-4-6-16(15)13-17/h3-13,21H,1H2,2H3. The number of hydrogen-bond donors (Lipinski definition) is 1. The van der Waals surface area contributed by atoms with E-state index in [9.17, 15) is 13.2 Å². The number of ether oxygens (including phenoxy) is 1. The van der Waals surface area contributed by atoms with E-state index in [1.807, 2.05) is 30.3 Å². The first-order chi connectivity index (χ1) is 12.3. The van der Waals surface area contributed by atoms with Gasteiger partial charge in [0.15, 0.2) is 0 Å². The van der Waals surface area contributed by atoms with Gasteiger partial charge in [-0.05, 0) is 54.1 Å². The molecule has 0 aliphatic carbocycles. The fraction of sp³-hybridized carbons (Fsp3) is 0.0500. The van der Waals surface area contributed by atoms with Crippen LogP contribution in [0.25, 0.3) is 10.8 Å². The zero-order valence-corrected chi connectivity index (χ0v) is 14.9. The van der Waals surface area contributed by atoms with Crippen LogP contribution in [0.15, 0.2) is 83.8 Å². The molecule has 0 unspecified atom stereocenters. The highest BCUT2D eigenvalue weighted by molar-refractivity contribution is 7.92. The monoisotopic (exact) mass is 367 g/mol. The number of benzene rings is 3. The smallest absolute Gasteiger partial charge is 0.338 e. The second-order valence-electron chi connectivity index (χ2n) is 5.81.